The molecule has 0 bridgehead atoms. The van der Waals surface area contributed by atoms with Crippen LogP contribution in [0.15, 0.2) is 0 Å². The van der Waals surface area contributed by atoms with Gasteiger partial charge in [-0.05, 0) is 12.8 Å². The van der Waals surface area contributed by atoms with E-state index < -0.39 is 6.03 Å². The van der Waals surface area contributed by atoms with Crippen LogP contribution in [0.2, 0.25) is 0 Å². The van der Waals surface area contributed by atoms with Crippen LogP contribution < -0.4 is 5.73 Å². The Kier molecular flexibility index (Phi) is 3.02. The molecule has 1 aliphatic heterocycles. The Morgan fingerprint density at radius 3 is 3.00 bits per heavy atom. The van der Waals surface area contributed by atoms with Crippen molar-refractivity contribution in [2.75, 3.05) is 13.2 Å². The summed E-state index contributed by atoms with van der Waals surface area (Å²) in [7, 11) is 0. The third-order valence-corrected chi connectivity index (χ3v) is 2.02. The Hall–Kier alpha value is -0.420. The third-order valence-electron chi connectivity index (χ3n) is 1.65. The largest absolute Gasteiger partial charge is 0.376 e. The van der Waals surface area contributed by atoms with E-state index in [-0.39, 0.29) is 6.10 Å². The zero-order chi connectivity index (χ0) is 8.27. The van der Waals surface area contributed by atoms with E-state index in [0.29, 0.717) is 6.54 Å². The summed E-state index contributed by atoms with van der Waals surface area (Å²) in [5.74, 6) is 0. The van der Waals surface area contributed by atoms with Gasteiger partial charge in [0.1, 0.15) is 0 Å². The molecule has 0 aromatic heterocycles. The molecule has 0 radical (unpaired) electrons. The normalized spacial score (nSPS) is 23.5. The highest BCUT2D eigenvalue weighted by atomic mass is 32.1. The molecule has 1 saturated heterocycles. The number of hydrogen-bond acceptors (Lipinski definition) is 3. The van der Waals surface area contributed by atoms with Crippen molar-refractivity contribution in [2.45, 2.75) is 18.9 Å². The molecule has 1 atom stereocenters. The molecule has 1 fully saturated rings. The molecule has 0 spiro atoms. The molecule has 0 saturated carbocycles. The Balaban J connectivity index is 2.23. The van der Waals surface area contributed by atoms with Crippen molar-refractivity contribution in [3.05, 3.63) is 0 Å². The van der Waals surface area contributed by atoms with Crippen LogP contribution >= 0.6 is 12.8 Å². The second-order valence-corrected chi connectivity index (χ2v) is 3.04. The van der Waals surface area contributed by atoms with E-state index in [1.165, 1.54) is 4.31 Å². The second-order valence-electron chi connectivity index (χ2n) is 2.56. The number of nitrogens with zero attached hydrogens (tertiary/aromatic N) is 1. The Morgan fingerprint density at radius 1 is 1.82 bits per heavy atom. The fraction of sp³-hybridized carbons (Fsp3) is 0.833. The molecule has 5 heteroatoms. The molecule has 0 aliphatic carbocycles. The molecule has 64 valence electrons. The minimum absolute atomic E-state index is 0.125. The number of rotatable bonds is 2. The zero-order valence-corrected chi connectivity index (χ0v) is 7.09. The van der Waals surface area contributed by atoms with Gasteiger partial charge in [-0.1, -0.05) is 12.8 Å². The lowest BCUT2D eigenvalue weighted by molar-refractivity contribution is 0.100. The van der Waals surface area contributed by atoms with Crippen LogP contribution in [0.5, 0.6) is 0 Å². The standard InChI is InChI=1S/C6H12N2O2S/c7-6(9)8(11)4-5-2-1-3-10-5/h5,11H,1-4H2,(H2,7,9). The highest BCUT2D eigenvalue weighted by Crippen LogP contribution is 2.13. The predicted octanol–water partition coefficient (Wildman–Crippen LogP) is 0.391. The van der Waals surface area contributed by atoms with Gasteiger partial charge in [0.05, 0.1) is 12.6 Å². The Labute approximate surface area is 71.2 Å². The number of thiol groups is 1. The summed E-state index contributed by atoms with van der Waals surface area (Å²) in [5.41, 5.74) is 4.97. The molecule has 0 aromatic carbocycles. The lowest BCUT2D eigenvalue weighted by Gasteiger charge is -2.16. The van der Waals surface area contributed by atoms with Gasteiger partial charge in [-0.2, -0.15) is 0 Å². The van der Waals surface area contributed by atoms with E-state index in [9.17, 15) is 4.79 Å². The molecule has 0 aromatic rings. The van der Waals surface area contributed by atoms with Crippen molar-refractivity contribution in [3.63, 3.8) is 0 Å². The number of carbonyl (C=O) groups is 1. The van der Waals surface area contributed by atoms with Crippen molar-refractivity contribution in [1.29, 1.82) is 0 Å². The Bertz CT molecular complexity index is 148. The first kappa shape index (κ1) is 8.67. The fourth-order valence-electron chi connectivity index (χ4n) is 1.07. The van der Waals surface area contributed by atoms with Crippen LogP contribution in [0, 0.1) is 0 Å². The third kappa shape index (κ3) is 2.59. The maximum Gasteiger partial charge on any atom is 0.324 e. The van der Waals surface area contributed by atoms with Gasteiger partial charge in [-0.15, -0.1) is 0 Å². The van der Waals surface area contributed by atoms with Gasteiger partial charge in [-0.25, -0.2) is 4.79 Å². The molecule has 1 heterocycles. The van der Waals surface area contributed by atoms with Crippen LogP contribution in [0.4, 0.5) is 4.79 Å². The summed E-state index contributed by atoms with van der Waals surface area (Å²) >= 11 is 3.88. The summed E-state index contributed by atoms with van der Waals surface area (Å²) < 4.78 is 6.45. The van der Waals surface area contributed by atoms with Gasteiger partial charge in [0.15, 0.2) is 0 Å². The number of ether oxygens (including phenoxy) is 1. The zero-order valence-electron chi connectivity index (χ0n) is 6.19. The highest BCUT2D eigenvalue weighted by Gasteiger charge is 2.18. The Morgan fingerprint density at radius 2 is 2.55 bits per heavy atom. The average Bonchev–Trinajstić information content (AvgIpc) is 2.39. The topological polar surface area (TPSA) is 55.6 Å². The molecular weight excluding hydrogens is 164 g/mol. The fourth-order valence-corrected chi connectivity index (χ4v) is 1.25. The molecule has 11 heavy (non-hydrogen) atoms. The van der Waals surface area contributed by atoms with Crippen LogP contribution in [-0.2, 0) is 4.74 Å². The van der Waals surface area contributed by atoms with Gasteiger partial charge in [-0.3, -0.25) is 4.31 Å². The summed E-state index contributed by atoms with van der Waals surface area (Å²) in [4.78, 5) is 10.5. The number of nitrogens with two attached hydrogens (primary N) is 1. The number of carbonyl (C=O) groups excluding carboxylic acids is 1. The lowest BCUT2D eigenvalue weighted by atomic mass is 10.2. The molecule has 2 N–H and O–H groups in total. The van der Waals surface area contributed by atoms with Crippen molar-refractivity contribution in [1.82, 2.24) is 4.31 Å². The maximum absolute atomic E-state index is 10.5. The summed E-state index contributed by atoms with van der Waals surface area (Å²) in [6, 6.07) is -0.524. The maximum atomic E-state index is 10.5. The van der Waals surface area contributed by atoms with Gasteiger partial charge in [0.2, 0.25) is 0 Å². The van der Waals surface area contributed by atoms with E-state index in [2.05, 4.69) is 12.8 Å². The molecule has 1 aliphatic rings. The smallest absolute Gasteiger partial charge is 0.324 e. The number of primary amides is 1. The van der Waals surface area contributed by atoms with E-state index >= 15 is 0 Å². The monoisotopic (exact) mass is 176 g/mol. The van der Waals surface area contributed by atoms with Gasteiger partial charge >= 0.3 is 6.03 Å². The second kappa shape index (κ2) is 3.82. The molecule has 1 unspecified atom stereocenters. The van der Waals surface area contributed by atoms with Crippen molar-refractivity contribution in [2.24, 2.45) is 5.73 Å². The minimum atomic E-state index is -0.524. The number of hydrogen-bond donors (Lipinski definition) is 2. The van der Waals surface area contributed by atoms with Crippen molar-refractivity contribution < 1.29 is 9.53 Å². The van der Waals surface area contributed by atoms with Gasteiger partial charge < -0.3 is 10.5 Å². The van der Waals surface area contributed by atoms with Crippen LogP contribution in [0.1, 0.15) is 12.8 Å². The van der Waals surface area contributed by atoms with E-state index in [4.69, 9.17) is 10.5 Å². The highest BCUT2D eigenvalue weighted by molar-refractivity contribution is 7.78. The predicted molar refractivity (Wildman–Crippen MR) is 44.2 cm³/mol. The minimum Gasteiger partial charge on any atom is -0.376 e. The first-order valence-corrected chi connectivity index (χ1v) is 3.97. The summed E-state index contributed by atoms with van der Waals surface area (Å²) in [6.45, 7) is 1.27. The molecular formula is C6H12N2O2S. The van der Waals surface area contributed by atoms with Crippen LogP contribution in [0.25, 0.3) is 0 Å². The van der Waals surface area contributed by atoms with Crippen LogP contribution in [0.3, 0.4) is 0 Å². The first-order valence-electron chi connectivity index (χ1n) is 3.57. The SMILES string of the molecule is NC(=O)N(S)CC1CCCO1. The number of urea groups is 1. The average molecular weight is 176 g/mol. The molecule has 4 nitrogen and oxygen atoms in total. The van der Waals surface area contributed by atoms with E-state index in [0.717, 1.165) is 19.4 Å². The molecule has 1 rings (SSSR count). The van der Waals surface area contributed by atoms with Crippen molar-refractivity contribution in [3.8, 4) is 0 Å². The molecule has 2 amide bonds. The number of amides is 2. The summed E-state index contributed by atoms with van der Waals surface area (Å²) in [5, 5.41) is 0. The van der Waals surface area contributed by atoms with E-state index in [1.807, 2.05) is 0 Å². The van der Waals surface area contributed by atoms with Crippen molar-refractivity contribution >= 4 is 18.8 Å². The van der Waals surface area contributed by atoms with Gasteiger partial charge in [0, 0.05) is 6.61 Å². The van der Waals surface area contributed by atoms with Crippen LogP contribution in [-0.4, -0.2) is 29.6 Å². The quantitative estimate of drug-likeness (QED) is 0.598. The summed E-state index contributed by atoms with van der Waals surface area (Å²) in [6.07, 6.45) is 2.18. The van der Waals surface area contributed by atoms with E-state index in [1.54, 1.807) is 0 Å². The first-order chi connectivity index (χ1) is 5.20. The lowest BCUT2D eigenvalue weighted by Crippen LogP contribution is -2.33. The van der Waals surface area contributed by atoms with Gasteiger partial charge in [0.25, 0.3) is 0 Å².